The summed E-state index contributed by atoms with van der Waals surface area (Å²) in [7, 11) is 0. The zero-order valence-corrected chi connectivity index (χ0v) is 17.9. The Labute approximate surface area is 184 Å². The van der Waals surface area contributed by atoms with E-state index in [9.17, 15) is 9.59 Å². The van der Waals surface area contributed by atoms with E-state index in [-0.39, 0.29) is 17.9 Å². The quantitative estimate of drug-likeness (QED) is 0.444. The first-order valence-electron chi connectivity index (χ1n) is 10.2. The van der Waals surface area contributed by atoms with Crippen LogP contribution in [0.15, 0.2) is 82.6 Å². The molecule has 0 aliphatic carbocycles. The first-order valence-corrected chi connectivity index (χ1v) is 11.2. The second-order valence-corrected chi connectivity index (χ2v) is 8.59. The Bertz CT molecular complexity index is 1350. The number of aliphatic imine (C=N–C) groups is 1. The second-order valence-electron chi connectivity index (χ2n) is 7.52. The highest BCUT2D eigenvalue weighted by Crippen LogP contribution is 2.26. The van der Waals surface area contributed by atoms with Crippen LogP contribution in [0.4, 0.5) is 5.69 Å². The Morgan fingerprint density at radius 1 is 0.935 bits per heavy atom. The zero-order valence-electron chi connectivity index (χ0n) is 17.1. The van der Waals surface area contributed by atoms with Crippen molar-refractivity contribution < 1.29 is 4.79 Å². The third-order valence-corrected chi connectivity index (χ3v) is 6.54. The number of thioether (sulfide) groups is 1. The molecule has 0 radical (unpaired) electrons. The molecule has 4 aromatic rings. The lowest BCUT2D eigenvalue weighted by molar-refractivity contribution is -0.127. The van der Waals surface area contributed by atoms with Crippen LogP contribution < -0.4 is 5.43 Å². The molecule has 0 bridgehead atoms. The highest BCUT2D eigenvalue weighted by atomic mass is 32.2. The summed E-state index contributed by atoms with van der Waals surface area (Å²) < 4.78 is 1.95. The van der Waals surface area contributed by atoms with Crippen molar-refractivity contribution in [2.45, 2.75) is 13.5 Å². The minimum absolute atomic E-state index is 0.00608. The van der Waals surface area contributed by atoms with Gasteiger partial charge in [0.25, 0.3) is 0 Å². The Balaban J connectivity index is 1.57. The van der Waals surface area contributed by atoms with Gasteiger partial charge in [0, 0.05) is 23.1 Å². The van der Waals surface area contributed by atoms with Crippen LogP contribution in [0, 0.1) is 6.92 Å². The molecule has 1 amide bonds. The number of benzene rings is 3. The fourth-order valence-electron chi connectivity index (χ4n) is 3.99. The first kappa shape index (κ1) is 19.6. The molecule has 31 heavy (non-hydrogen) atoms. The molecule has 0 unspecified atom stereocenters. The Morgan fingerprint density at radius 2 is 1.55 bits per heavy atom. The van der Waals surface area contributed by atoms with Crippen LogP contribution in [-0.4, -0.2) is 32.8 Å². The summed E-state index contributed by atoms with van der Waals surface area (Å²) in [6.45, 7) is 2.79. The van der Waals surface area contributed by atoms with E-state index in [0.29, 0.717) is 17.3 Å². The van der Waals surface area contributed by atoms with Gasteiger partial charge in [0.1, 0.15) is 6.54 Å². The molecule has 1 aliphatic heterocycles. The van der Waals surface area contributed by atoms with Gasteiger partial charge in [-0.05, 0) is 42.8 Å². The second kappa shape index (κ2) is 8.04. The maximum atomic E-state index is 13.4. The third kappa shape index (κ3) is 3.53. The molecule has 1 aliphatic rings. The number of aromatic nitrogens is 1. The molecule has 0 atom stereocenters. The van der Waals surface area contributed by atoms with Gasteiger partial charge in [-0.3, -0.25) is 14.5 Å². The van der Waals surface area contributed by atoms with E-state index in [1.54, 1.807) is 16.7 Å². The Kier molecular flexibility index (Phi) is 5.08. The number of aryl methyl sites for hydroxylation is 1. The number of amidine groups is 1. The normalized spacial score (nSPS) is 15.3. The summed E-state index contributed by atoms with van der Waals surface area (Å²) in [5, 5.41) is 1.98. The molecule has 0 N–H and O–H groups in total. The summed E-state index contributed by atoms with van der Waals surface area (Å²) in [4.78, 5) is 32.9. The summed E-state index contributed by atoms with van der Waals surface area (Å²) in [6.07, 6.45) is 0. The summed E-state index contributed by atoms with van der Waals surface area (Å²) >= 11 is 1.60. The van der Waals surface area contributed by atoms with Gasteiger partial charge in [-0.25, -0.2) is 4.99 Å². The molecule has 5 nitrogen and oxygen atoms in total. The largest absolute Gasteiger partial charge is 0.331 e. The average molecular weight is 428 g/mol. The number of hydrogen-bond acceptors (Lipinski definition) is 4. The molecule has 154 valence electrons. The van der Waals surface area contributed by atoms with E-state index in [1.807, 2.05) is 84.3 Å². The van der Waals surface area contributed by atoms with Crippen molar-refractivity contribution in [3.63, 3.8) is 0 Å². The van der Waals surface area contributed by atoms with Crippen LogP contribution >= 0.6 is 11.8 Å². The molecule has 2 heterocycles. The molecule has 1 saturated heterocycles. The molecule has 0 spiro atoms. The fraction of sp³-hybridized carbons (Fsp3) is 0.160. The van der Waals surface area contributed by atoms with E-state index in [1.165, 1.54) is 0 Å². The van der Waals surface area contributed by atoms with Crippen LogP contribution in [0.5, 0.6) is 0 Å². The van der Waals surface area contributed by atoms with Gasteiger partial charge in [-0.15, -0.1) is 0 Å². The van der Waals surface area contributed by atoms with E-state index in [2.05, 4.69) is 0 Å². The zero-order chi connectivity index (χ0) is 21.4. The van der Waals surface area contributed by atoms with Crippen LogP contribution in [0.25, 0.3) is 21.8 Å². The molecule has 5 rings (SSSR count). The lowest BCUT2D eigenvalue weighted by Gasteiger charge is -2.20. The number of nitrogens with zero attached hydrogens (tertiary/aromatic N) is 3. The minimum atomic E-state index is -0.0312. The van der Waals surface area contributed by atoms with Gasteiger partial charge in [-0.2, -0.15) is 0 Å². The van der Waals surface area contributed by atoms with Crippen molar-refractivity contribution in [1.29, 1.82) is 0 Å². The van der Waals surface area contributed by atoms with Crippen LogP contribution in [0.2, 0.25) is 0 Å². The number of pyridine rings is 1. The lowest BCUT2D eigenvalue weighted by atomic mass is 10.1. The van der Waals surface area contributed by atoms with E-state index >= 15 is 0 Å². The van der Waals surface area contributed by atoms with Crippen LogP contribution in [-0.2, 0) is 11.3 Å². The van der Waals surface area contributed by atoms with E-state index < -0.39 is 0 Å². The van der Waals surface area contributed by atoms with E-state index in [0.717, 1.165) is 33.2 Å². The molecule has 1 fully saturated rings. The van der Waals surface area contributed by atoms with Gasteiger partial charge >= 0.3 is 0 Å². The van der Waals surface area contributed by atoms with Gasteiger partial charge < -0.3 is 4.57 Å². The van der Waals surface area contributed by atoms with Gasteiger partial charge in [-0.1, -0.05) is 54.2 Å². The van der Waals surface area contributed by atoms with Crippen molar-refractivity contribution in [3.05, 3.63) is 88.6 Å². The third-order valence-electron chi connectivity index (χ3n) is 5.58. The maximum absolute atomic E-state index is 13.4. The van der Waals surface area contributed by atoms with E-state index in [4.69, 9.17) is 4.99 Å². The predicted octanol–water partition coefficient (Wildman–Crippen LogP) is 4.73. The smallest absolute Gasteiger partial charge is 0.248 e. The number of fused-ring (bicyclic) bond motifs is 2. The van der Waals surface area contributed by atoms with Crippen molar-refractivity contribution in [2.75, 3.05) is 12.3 Å². The van der Waals surface area contributed by atoms with Gasteiger partial charge in [0.05, 0.1) is 16.7 Å². The minimum Gasteiger partial charge on any atom is -0.331 e. The summed E-state index contributed by atoms with van der Waals surface area (Å²) in [5.41, 5.74) is 3.48. The number of para-hydroxylation sites is 3. The molecule has 6 heteroatoms. The van der Waals surface area contributed by atoms with Gasteiger partial charge in [0.2, 0.25) is 5.91 Å². The average Bonchev–Trinajstić information content (AvgIpc) is 3.26. The predicted molar refractivity (Wildman–Crippen MR) is 128 cm³/mol. The summed E-state index contributed by atoms with van der Waals surface area (Å²) in [6, 6.07) is 22.9. The first-order chi connectivity index (χ1) is 15.1. The molecule has 0 saturated carbocycles. The summed E-state index contributed by atoms with van der Waals surface area (Å²) in [5.74, 6) is 0.790. The maximum Gasteiger partial charge on any atom is 0.248 e. The topological polar surface area (TPSA) is 54.7 Å². The fourth-order valence-corrected chi connectivity index (χ4v) is 4.95. The Morgan fingerprint density at radius 3 is 2.23 bits per heavy atom. The van der Waals surface area contributed by atoms with Crippen molar-refractivity contribution in [2.24, 2.45) is 4.99 Å². The molecule has 1 aromatic heterocycles. The molecular formula is C25H21N3O2S. The highest BCUT2D eigenvalue weighted by molar-refractivity contribution is 8.14. The Hall–Kier alpha value is -3.38. The SMILES string of the molecule is Cc1ccccc1N=C1SCCN1C(=O)Cn1c2ccccc2c(=O)c2ccccc21. The monoisotopic (exact) mass is 427 g/mol. The highest BCUT2D eigenvalue weighted by Gasteiger charge is 2.27. The number of carbonyl (C=O) groups excluding carboxylic acids is 1. The number of rotatable bonds is 3. The van der Waals surface area contributed by atoms with Crippen LogP contribution in [0.1, 0.15) is 5.56 Å². The molecular weight excluding hydrogens is 406 g/mol. The lowest BCUT2D eigenvalue weighted by Crippen LogP contribution is -2.35. The van der Waals surface area contributed by atoms with Crippen molar-refractivity contribution in [3.8, 4) is 0 Å². The van der Waals surface area contributed by atoms with Crippen molar-refractivity contribution >= 4 is 50.3 Å². The standard InChI is InChI=1S/C25H21N3O2S/c1-17-8-2-5-11-20(17)26-25-27(14-15-31-25)23(29)16-28-21-12-6-3-9-18(21)24(30)19-10-4-7-13-22(19)28/h2-13H,14-16H2,1H3. The number of hydrogen-bond donors (Lipinski definition) is 0. The van der Waals surface area contributed by atoms with Crippen LogP contribution in [0.3, 0.4) is 0 Å². The number of amides is 1. The molecule has 3 aromatic carbocycles. The van der Waals surface area contributed by atoms with Gasteiger partial charge in [0.15, 0.2) is 10.6 Å². The van der Waals surface area contributed by atoms with Crippen molar-refractivity contribution in [1.82, 2.24) is 9.47 Å². The number of carbonyl (C=O) groups is 1.